The molecule has 0 saturated carbocycles. The summed E-state index contributed by atoms with van der Waals surface area (Å²) in [5, 5.41) is 2.39. The van der Waals surface area contributed by atoms with Crippen molar-refractivity contribution < 1.29 is 9.47 Å². The molecule has 2 unspecified atom stereocenters. The van der Waals surface area contributed by atoms with E-state index in [1.165, 1.54) is 16.3 Å². The van der Waals surface area contributed by atoms with Crippen LogP contribution in [0.25, 0.3) is 10.8 Å². The third kappa shape index (κ3) is 2.92. The first-order chi connectivity index (χ1) is 9.76. The summed E-state index contributed by atoms with van der Waals surface area (Å²) in [6.45, 7) is 0.881. The van der Waals surface area contributed by atoms with E-state index < -0.39 is 0 Å². The molecule has 0 N–H and O–H groups in total. The summed E-state index contributed by atoms with van der Waals surface area (Å²) >= 11 is 6.54. The average Bonchev–Trinajstić information content (AvgIpc) is 2.99. The van der Waals surface area contributed by atoms with E-state index in [-0.39, 0.29) is 5.38 Å². The Morgan fingerprint density at radius 2 is 2.05 bits per heavy atom. The number of benzene rings is 2. The highest BCUT2D eigenvalue weighted by Gasteiger charge is 2.20. The zero-order valence-corrected chi connectivity index (χ0v) is 12.4. The fourth-order valence-corrected chi connectivity index (χ4v) is 3.10. The maximum atomic E-state index is 6.54. The third-order valence-corrected chi connectivity index (χ3v) is 4.36. The molecule has 0 bridgehead atoms. The van der Waals surface area contributed by atoms with Crippen LogP contribution in [0, 0.1) is 0 Å². The highest BCUT2D eigenvalue weighted by atomic mass is 35.5. The van der Waals surface area contributed by atoms with E-state index in [2.05, 4.69) is 24.3 Å². The van der Waals surface area contributed by atoms with Crippen LogP contribution in [0.15, 0.2) is 36.4 Å². The van der Waals surface area contributed by atoms with Crippen LogP contribution < -0.4 is 4.74 Å². The Kier molecular flexibility index (Phi) is 4.13. The molecule has 2 aromatic rings. The lowest BCUT2D eigenvalue weighted by atomic mass is 10.0. The molecule has 1 aliphatic rings. The molecular weight excluding hydrogens is 272 g/mol. The topological polar surface area (TPSA) is 18.5 Å². The normalized spacial score (nSPS) is 20.2. The maximum Gasteiger partial charge on any atom is 0.119 e. The van der Waals surface area contributed by atoms with Crippen LogP contribution in [-0.4, -0.2) is 19.8 Å². The van der Waals surface area contributed by atoms with Crippen molar-refractivity contribution in [3.8, 4) is 5.75 Å². The quantitative estimate of drug-likeness (QED) is 0.760. The van der Waals surface area contributed by atoms with E-state index in [9.17, 15) is 0 Å². The van der Waals surface area contributed by atoms with Gasteiger partial charge in [-0.05, 0) is 53.8 Å². The Bertz CT molecular complexity index is 591. The van der Waals surface area contributed by atoms with Gasteiger partial charge < -0.3 is 9.47 Å². The molecule has 0 aromatic heterocycles. The molecule has 2 atom stereocenters. The molecule has 1 heterocycles. The summed E-state index contributed by atoms with van der Waals surface area (Å²) in [5.41, 5.74) is 1.17. The maximum absolute atomic E-state index is 6.54. The second kappa shape index (κ2) is 6.02. The Morgan fingerprint density at radius 3 is 2.80 bits per heavy atom. The summed E-state index contributed by atoms with van der Waals surface area (Å²) in [6, 6.07) is 12.5. The predicted molar refractivity (Wildman–Crippen MR) is 82.7 cm³/mol. The monoisotopic (exact) mass is 290 g/mol. The molecule has 2 nitrogen and oxygen atoms in total. The number of ether oxygens (including phenoxy) is 2. The molecule has 0 spiro atoms. The van der Waals surface area contributed by atoms with Crippen LogP contribution in [0.4, 0.5) is 0 Å². The molecule has 0 amide bonds. The molecule has 20 heavy (non-hydrogen) atoms. The minimum absolute atomic E-state index is 0.0181. The van der Waals surface area contributed by atoms with Crippen LogP contribution in [0.2, 0.25) is 0 Å². The van der Waals surface area contributed by atoms with Gasteiger partial charge in [-0.25, -0.2) is 0 Å². The van der Waals surface area contributed by atoms with Gasteiger partial charge in [0.25, 0.3) is 0 Å². The smallest absolute Gasteiger partial charge is 0.119 e. The molecule has 3 heteroatoms. The van der Waals surface area contributed by atoms with Gasteiger partial charge in [0.15, 0.2) is 0 Å². The van der Waals surface area contributed by atoms with E-state index in [1.54, 1.807) is 7.11 Å². The fourth-order valence-electron chi connectivity index (χ4n) is 2.76. The first-order valence-electron chi connectivity index (χ1n) is 7.09. The van der Waals surface area contributed by atoms with E-state index in [0.717, 1.165) is 31.6 Å². The predicted octanol–water partition coefficient (Wildman–Crippen LogP) is 4.70. The minimum atomic E-state index is 0.0181. The molecular formula is C17H19ClO2. The number of hydrogen-bond donors (Lipinski definition) is 0. The molecule has 1 saturated heterocycles. The second-order valence-electron chi connectivity index (χ2n) is 5.31. The van der Waals surface area contributed by atoms with Crippen molar-refractivity contribution in [3.63, 3.8) is 0 Å². The van der Waals surface area contributed by atoms with E-state index in [0.29, 0.717) is 6.10 Å². The van der Waals surface area contributed by atoms with Gasteiger partial charge in [0, 0.05) is 6.61 Å². The average molecular weight is 291 g/mol. The zero-order valence-electron chi connectivity index (χ0n) is 11.6. The van der Waals surface area contributed by atoms with Crippen molar-refractivity contribution in [2.24, 2.45) is 0 Å². The first kappa shape index (κ1) is 13.7. The fraction of sp³-hybridized carbons (Fsp3) is 0.412. The number of methoxy groups -OCH3 is 1. The van der Waals surface area contributed by atoms with Gasteiger partial charge in [0.2, 0.25) is 0 Å². The van der Waals surface area contributed by atoms with Crippen LogP contribution in [0.3, 0.4) is 0 Å². The number of halogens is 1. The van der Waals surface area contributed by atoms with Crippen molar-refractivity contribution >= 4 is 22.4 Å². The van der Waals surface area contributed by atoms with Crippen molar-refractivity contribution in [1.82, 2.24) is 0 Å². The van der Waals surface area contributed by atoms with E-state index in [1.807, 2.05) is 12.1 Å². The first-order valence-corrected chi connectivity index (χ1v) is 7.53. The molecule has 1 aliphatic heterocycles. The molecule has 106 valence electrons. The summed E-state index contributed by atoms with van der Waals surface area (Å²) in [5.74, 6) is 0.882. The number of hydrogen-bond acceptors (Lipinski definition) is 2. The van der Waals surface area contributed by atoms with Gasteiger partial charge in [0.05, 0.1) is 18.6 Å². The number of rotatable bonds is 4. The van der Waals surface area contributed by atoms with Crippen molar-refractivity contribution in [1.29, 1.82) is 0 Å². The molecule has 0 aliphatic carbocycles. The van der Waals surface area contributed by atoms with Crippen LogP contribution in [0.5, 0.6) is 5.75 Å². The lowest BCUT2D eigenvalue weighted by molar-refractivity contribution is 0.103. The number of alkyl halides is 1. The summed E-state index contributed by atoms with van der Waals surface area (Å²) in [7, 11) is 1.69. The Hall–Kier alpha value is -1.25. The Balaban J connectivity index is 1.80. The van der Waals surface area contributed by atoms with Crippen LogP contribution >= 0.6 is 11.6 Å². The largest absolute Gasteiger partial charge is 0.497 e. The van der Waals surface area contributed by atoms with Gasteiger partial charge >= 0.3 is 0 Å². The highest BCUT2D eigenvalue weighted by Crippen LogP contribution is 2.32. The van der Waals surface area contributed by atoms with Gasteiger partial charge in [-0.2, -0.15) is 0 Å². The van der Waals surface area contributed by atoms with Crippen molar-refractivity contribution in [3.05, 3.63) is 42.0 Å². The zero-order chi connectivity index (χ0) is 13.9. The molecule has 2 aromatic carbocycles. The van der Waals surface area contributed by atoms with Gasteiger partial charge in [0.1, 0.15) is 5.75 Å². The standard InChI is InChI=1S/C17H19ClO2/c1-19-15-7-6-12-9-14(5-4-13(12)10-15)17(18)11-16-3-2-8-20-16/h4-7,9-10,16-17H,2-3,8,11H2,1H3. The lowest BCUT2D eigenvalue weighted by Crippen LogP contribution is -2.08. The second-order valence-corrected chi connectivity index (χ2v) is 5.84. The molecule has 3 rings (SSSR count). The van der Waals surface area contributed by atoms with Crippen LogP contribution in [0.1, 0.15) is 30.2 Å². The summed E-state index contributed by atoms with van der Waals surface area (Å²) in [4.78, 5) is 0. The number of fused-ring (bicyclic) bond motifs is 1. The molecule has 1 fully saturated rings. The van der Waals surface area contributed by atoms with Gasteiger partial charge in [-0.3, -0.25) is 0 Å². The van der Waals surface area contributed by atoms with Crippen molar-refractivity contribution in [2.75, 3.05) is 13.7 Å². The van der Waals surface area contributed by atoms with Gasteiger partial charge in [-0.15, -0.1) is 11.6 Å². The third-order valence-electron chi connectivity index (χ3n) is 3.93. The minimum Gasteiger partial charge on any atom is -0.497 e. The Morgan fingerprint density at radius 1 is 1.25 bits per heavy atom. The van der Waals surface area contributed by atoms with E-state index >= 15 is 0 Å². The summed E-state index contributed by atoms with van der Waals surface area (Å²) in [6.07, 6.45) is 3.51. The lowest BCUT2D eigenvalue weighted by Gasteiger charge is -2.15. The summed E-state index contributed by atoms with van der Waals surface area (Å²) < 4.78 is 10.9. The Labute approximate surface area is 124 Å². The van der Waals surface area contributed by atoms with Crippen LogP contribution in [-0.2, 0) is 4.74 Å². The molecule has 0 radical (unpaired) electrons. The van der Waals surface area contributed by atoms with Gasteiger partial charge in [-0.1, -0.05) is 18.2 Å². The highest BCUT2D eigenvalue weighted by molar-refractivity contribution is 6.21. The van der Waals surface area contributed by atoms with E-state index in [4.69, 9.17) is 21.1 Å². The van der Waals surface area contributed by atoms with Crippen molar-refractivity contribution in [2.45, 2.75) is 30.7 Å². The SMILES string of the molecule is COc1ccc2cc(C(Cl)CC3CCCO3)ccc2c1.